The first-order valence-electron chi connectivity index (χ1n) is 9.45. The van der Waals surface area contributed by atoms with E-state index in [1.165, 1.54) is 0 Å². The summed E-state index contributed by atoms with van der Waals surface area (Å²) in [6.45, 7) is 4.86. The number of nitrogens with one attached hydrogen (secondary N) is 2. The first-order valence-corrected chi connectivity index (χ1v) is 9.83. The Labute approximate surface area is 197 Å². The van der Waals surface area contributed by atoms with Crippen LogP contribution >= 0.6 is 35.6 Å². The topological polar surface area (TPSA) is 97.7 Å². The fraction of sp³-hybridized carbons (Fsp3) is 0.350. The van der Waals surface area contributed by atoms with E-state index in [2.05, 4.69) is 25.8 Å². The Balaban J connectivity index is 0.00000320. The second kappa shape index (κ2) is 13.2. The molecule has 0 atom stereocenters. The minimum Gasteiger partial charge on any atom is -0.467 e. The highest BCUT2D eigenvalue weighted by atomic mass is 127. The van der Waals surface area contributed by atoms with Crippen LogP contribution in [0.5, 0.6) is 0 Å². The number of halogens is 2. The zero-order valence-electron chi connectivity index (χ0n) is 16.6. The Bertz CT molecular complexity index is 902. The zero-order chi connectivity index (χ0) is 20.3. The zero-order valence-corrected chi connectivity index (χ0v) is 19.7. The molecule has 0 bridgehead atoms. The lowest BCUT2D eigenvalue weighted by Crippen LogP contribution is -2.38. The van der Waals surface area contributed by atoms with Gasteiger partial charge in [-0.15, -0.1) is 24.0 Å². The molecule has 3 aromatic rings. The van der Waals surface area contributed by atoms with E-state index in [9.17, 15) is 0 Å². The van der Waals surface area contributed by atoms with Crippen LogP contribution in [0.4, 0.5) is 0 Å². The molecule has 0 amide bonds. The van der Waals surface area contributed by atoms with Crippen molar-refractivity contribution in [3.63, 3.8) is 0 Å². The molecule has 30 heavy (non-hydrogen) atoms. The van der Waals surface area contributed by atoms with Crippen molar-refractivity contribution in [2.45, 2.75) is 26.5 Å². The standard InChI is InChI=1S/C20H24ClN5O3.HI/c1-2-22-20(23-9-5-10-27-14-17-8-4-11-28-17)24-13-18-25-19(26-29-18)15-6-3-7-16(21)12-15;/h3-4,6-8,11-12H,2,5,9-10,13-14H2,1H3,(H2,22,23,24);1H. The van der Waals surface area contributed by atoms with Crippen molar-refractivity contribution in [3.05, 3.63) is 59.3 Å². The molecule has 1 aromatic carbocycles. The molecule has 0 radical (unpaired) electrons. The van der Waals surface area contributed by atoms with Crippen molar-refractivity contribution in [1.82, 2.24) is 20.8 Å². The van der Waals surface area contributed by atoms with Crippen LogP contribution in [-0.2, 0) is 17.9 Å². The number of guanidine groups is 1. The van der Waals surface area contributed by atoms with E-state index in [0.717, 1.165) is 30.8 Å². The summed E-state index contributed by atoms with van der Waals surface area (Å²) in [4.78, 5) is 8.85. The lowest BCUT2D eigenvalue weighted by Gasteiger charge is -2.10. The molecule has 3 rings (SSSR count). The third kappa shape index (κ3) is 7.96. The normalized spacial score (nSPS) is 11.2. The van der Waals surface area contributed by atoms with Gasteiger partial charge in [0.1, 0.15) is 18.9 Å². The molecule has 0 aliphatic rings. The van der Waals surface area contributed by atoms with E-state index >= 15 is 0 Å². The van der Waals surface area contributed by atoms with Gasteiger partial charge in [0.25, 0.3) is 0 Å². The Morgan fingerprint density at radius 2 is 2.13 bits per heavy atom. The van der Waals surface area contributed by atoms with Crippen LogP contribution in [0.25, 0.3) is 11.4 Å². The predicted molar refractivity (Wildman–Crippen MR) is 126 cm³/mol. The van der Waals surface area contributed by atoms with Gasteiger partial charge < -0.3 is 24.3 Å². The van der Waals surface area contributed by atoms with Crippen LogP contribution in [0.15, 0.2) is 56.6 Å². The number of hydrogen-bond acceptors (Lipinski definition) is 6. The largest absolute Gasteiger partial charge is 0.467 e. The number of aromatic nitrogens is 2. The van der Waals surface area contributed by atoms with Gasteiger partial charge in [0.05, 0.1) is 6.26 Å². The molecule has 0 fully saturated rings. The van der Waals surface area contributed by atoms with Gasteiger partial charge in [0, 0.05) is 30.3 Å². The SMILES string of the molecule is CCNC(=NCc1nc(-c2cccc(Cl)c2)no1)NCCCOCc1ccco1.I. The average molecular weight is 546 g/mol. The summed E-state index contributed by atoms with van der Waals surface area (Å²) in [5.41, 5.74) is 0.802. The highest BCUT2D eigenvalue weighted by molar-refractivity contribution is 14.0. The van der Waals surface area contributed by atoms with Crippen molar-refractivity contribution in [1.29, 1.82) is 0 Å². The van der Waals surface area contributed by atoms with Crippen LogP contribution in [0.1, 0.15) is 25.0 Å². The number of nitrogens with zero attached hydrogens (tertiary/aromatic N) is 3. The predicted octanol–water partition coefficient (Wildman–Crippen LogP) is 4.26. The van der Waals surface area contributed by atoms with Crippen molar-refractivity contribution >= 4 is 41.5 Å². The molecule has 0 saturated carbocycles. The van der Waals surface area contributed by atoms with Crippen LogP contribution in [0.3, 0.4) is 0 Å². The third-order valence-electron chi connectivity index (χ3n) is 3.85. The molecule has 0 aliphatic heterocycles. The molecule has 2 N–H and O–H groups in total. The van der Waals surface area contributed by atoms with E-state index in [4.69, 9.17) is 25.3 Å². The molecule has 0 saturated heterocycles. The molecule has 0 spiro atoms. The average Bonchev–Trinajstić information content (AvgIpc) is 3.40. The van der Waals surface area contributed by atoms with Gasteiger partial charge in [0.2, 0.25) is 11.7 Å². The first-order chi connectivity index (χ1) is 14.2. The Morgan fingerprint density at radius 3 is 2.90 bits per heavy atom. The van der Waals surface area contributed by atoms with Gasteiger partial charge in [-0.25, -0.2) is 4.99 Å². The molecule has 8 nitrogen and oxygen atoms in total. The van der Waals surface area contributed by atoms with Gasteiger partial charge in [-0.05, 0) is 37.6 Å². The summed E-state index contributed by atoms with van der Waals surface area (Å²) in [5.74, 6) is 2.42. The minimum atomic E-state index is 0. The molecule has 2 aromatic heterocycles. The molecule has 2 heterocycles. The summed E-state index contributed by atoms with van der Waals surface area (Å²) in [7, 11) is 0. The quantitative estimate of drug-likeness (QED) is 0.170. The Hall–Kier alpha value is -2.11. The summed E-state index contributed by atoms with van der Waals surface area (Å²) in [5, 5.41) is 11.1. The first kappa shape index (κ1) is 24.2. The van der Waals surface area contributed by atoms with Crippen molar-refractivity contribution in [2.75, 3.05) is 19.7 Å². The second-order valence-electron chi connectivity index (χ2n) is 6.13. The van der Waals surface area contributed by atoms with Crippen LogP contribution < -0.4 is 10.6 Å². The van der Waals surface area contributed by atoms with Crippen molar-refractivity contribution in [3.8, 4) is 11.4 Å². The fourth-order valence-electron chi connectivity index (χ4n) is 2.50. The Kier molecular flexibility index (Phi) is 10.7. The molecule has 0 unspecified atom stereocenters. The van der Waals surface area contributed by atoms with Gasteiger partial charge in [-0.1, -0.05) is 28.9 Å². The van der Waals surface area contributed by atoms with E-state index in [0.29, 0.717) is 35.9 Å². The van der Waals surface area contributed by atoms with E-state index in [1.54, 1.807) is 18.4 Å². The van der Waals surface area contributed by atoms with Gasteiger partial charge in [-0.3, -0.25) is 0 Å². The lowest BCUT2D eigenvalue weighted by atomic mass is 10.2. The van der Waals surface area contributed by atoms with E-state index < -0.39 is 0 Å². The fourth-order valence-corrected chi connectivity index (χ4v) is 2.69. The molecule has 0 aliphatic carbocycles. The number of hydrogen-bond donors (Lipinski definition) is 2. The summed E-state index contributed by atoms with van der Waals surface area (Å²) >= 11 is 6.01. The highest BCUT2D eigenvalue weighted by Crippen LogP contribution is 2.20. The summed E-state index contributed by atoms with van der Waals surface area (Å²) in [6.07, 6.45) is 2.48. The van der Waals surface area contributed by atoms with Gasteiger partial charge in [0.15, 0.2) is 5.96 Å². The monoisotopic (exact) mass is 545 g/mol. The third-order valence-corrected chi connectivity index (χ3v) is 4.08. The number of ether oxygens (including phenoxy) is 1. The van der Waals surface area contributed by atoms with Crippen LogP contribution in [0, 0.1) is 0 Å². The summed E-state index contributed by atoms with van der Waals surface area (Å²) < 4.78 is 16.1. The molecular formula is C20H25ClIN5O3. The number of furan rings is 1. The smallest absolute Gasteiger partial charge is 0.248 e. The number of rotatable bonds is 10. The van der Waals surface area contributed by atoms with E-state index in [-0.39, 0.29) is 30.5 Å². The van der Waals surface area contributed by atoms with Gasteiger partial charge in [-0.2, -0.15) is 4.98 Å². The second-order valence-corrected chi connectivity index (χ2v) is 6.57. The van der Waals surface area contributed by atoms with Gasteiger partial charge >= 0.3 is 0 Å². The highest BCUT2D eigenvalue weighted by Gasteiger charge is 2.09. The number of aliphatic imine (C=N–C) groups is 1. The van der Waals surface area contributed by atoms with Crippen molar-refractivity contribution < 1.29 is 13.7 Å². The maximum Gasteiger partial charge on any atom is 0.248 e. The van der Waals surface area contributed by atoms with Crippen LogP contribution in [-0.4, -0.2) is 35.8 Å². The molecule has 10 heteroatoms. The van der Waals surface area contributed by atoms with E-state index in [1.807, 2.05) is 31.2 Å². The van der Waals surface area contributed by atoms with Crippen molar-refractivity contribution in [2.24, 2.45) is 4.99 Å². The minimum absolute atomic E-state index is 0. The van der Waals surface area contributed by atoms with Crippen LogP contribution in [0.2, 0.25) is 5.02 Å². The molecule has 162 valence electrons. The maximum atomic E-state index is 6.01. The number of benzene rings is 1. The lowest BCUT2D eigenvalue weighted by molar-refractivity contribution is 0.105. The Morgan fingerprint density at radius 1 is 1.23 bits per heavy atom. The molecular weight excluding hydrogens is 521 g/mol. The summed E-state index contributed by atoms with van der Waals surface area (Å²) in [6, 6.07) is 11.1. The maximum absolute atomic E-state index is 6.01.